The van der Waals surface area contributed by atoms with Gasteiger partial charge < -0.3 is 25.8 Å². The van der Waals surface area contributed by atoms with Crippen LogP contribution >= 0.6 is 11.9 Å². The van der Waals surface area contributed by atoms with Gasteiger partial charge in [-0.05, 0) is 124 Å². The summed E-state index contributed by atoms with van der Waals surface area (Å²) in [5, 5.41) is 19.4. The Hall–Kier alpha value is -4.63. The average molecular weight is 663 g/mol. The first-order chi connectivity index (χ1) is 22.9. The molecule has 0 unspecified atom stereocenters. The van der Waals surface area contributed by atoms with Crippen LogP contribution in [-0.2, 0) is 0 Å². The number of phenols is 1. The van der Waals surface area contributed by atoms with Gasteiger partial charge in [0, 0.05) is 38.8 Å². The van der Waals surface area contributed by atoms with Gasteiger partial charge in [-0.1, -0.05) is 35.9 Å². The van der Waals surface area contributed by atoms with E-state index in [9.17, 15) is 23.2 Å². The standard InChI is InChI=1S/C28H19F3N2O3S.2C4H9N/c1-37-33-22-4-2-3-17(13-22)5-6-19-14-21(9-11-26(19)34)32-28(35)20-8-12-27(36-31)23(15-20)18-7-10-24(29)25(30)16-18;2*1-2-4-5-3-1/h2-4,7-16,33-34H,1H3,(H,32,35);2*5H,1-4H2. The topological polar surface area (TPSA) is 94.7 Å². The third kappa shape index (κ3) is 11.0. The highest BCUT2D eigenvalue weighted by atomic mass is 32.2. The van der Waals surface area contributed by atoms with E-state index >= 15 is 0 Å². The van der Waals surface area contributed by atoms with Crippen LogP contribution in [0.3, 0.4) is 0 Å². The van der Waals surface area contributed by atoms with Crippen molar-refractivity contribution in [3.63, 3.8) is 0 Å². The van der Waals surface area contributed by atoms with Gasteiger partial charge in [0.25, 0.3) is 5.91 Å². The summed E-state index contributed by atoms with van der Waals surface area (Å²) in [7, 11) is 0. The molecule has 0 aromatic heterocycles. The van der Waals surface area contributed by atoms with Crippen molar-refractivity contribution in [3.8, 4) is 34.5 Å². The molecule has 2 heterocycles. The molecule has 7 nitrogen and oxygen atoms in total. The molecule has 2 fully saturated rings. The molecule has 6 rings (SSSR count). The number of nitrogens with one attached hydrogen (secondary N) is 4. The monoisotopic (exact) mass is 662 g/mol. The number of hydrogen-bond acceptors (Lipinski definition) is 7. The van der Waals surface area contributed by atoms with Crippen molar-refractivity contribution in [2.24, 2.45) is 0 Å². The van der Waals surface area contributed by atoms with Crippen LogP contribution in [0, 0.1) is 23.5 Å². The van der Waals surface area contributed by atoms with E-state index in [4.69, 9.17) is 0 Å². The number of carbonyl (C=O) groups excluding carboxylic acids is 1. The fourth-order valence-electron chi connectivity index (χ4n) is 4.71. The third-order valence-electron chi connectivity index (χ3n) is 7.15. The first-order valence-corrected chi connectivity index (χ1v) is 16.5. The maximum absolute atomic E-state index is 13.7. The van der Waals surface area contributed by atoms with Gasteiger partial charge in [0.1, 0.15) is 5.75 Å². The molecule has 4 aromatic carbocycles. The van der Waals surface area contributed by atoms with Gasteiger partial charge in [-0.15, -0.1) is 0 Å². The Balaban J connectivity index is 0.000000424. The summed E-state index contributed by atoms with van der Waals surface area (Å²) < 4.78 is 43.2. The van der Waals surface area contributed by atoms with E-state index in [1.807, 2.05) is 30.5 Å². The predicted molar refractivity (Wildman–Crippen MR) is 183 cm³/mol. The quantitative estimate of drug-likeness (QED) is 0.0822. The maximum Gasteiger partial charge on any atom is 0.255 e. The van der Waals surface area contributed by atoms with Crippen molar-refractivity contribution in [1.82, 2.24) is 10.6 Å². The van der Waals surface area contributed by atoms with Crippen LogP contribution in [0.25, 0.3) is 11.1 Å². The molecule has 246 valence electrons. The van der Waals surface area contributed by atoms with E-state index in [-0.39, 0.29) is 28.2 Å². The summed E-state index contributed by atoms with van der Waals surface area (Å²) in [6, 6.07) is 18.7. The molecule has 2 aliphatic rings. The zero-order valence-electron chi connectivity index (χ0n) is 26.0. The van der Waals surface area contributed by atoms with Crippen molar-refractivity contribution in [2.45, 2.75) is 25.7 Å². The Morgan fingerprint density at radius 1 is 0.830 bits per heavy atom. The molecule has 0 bridgehead atoms. The minimum atomic E-state index is -1.12. The minimum absolute atomic E-state index is 0.0597. The molecule has 0 radical (unpaired) electrons. The molecule has 2 aliphatic heterocycles. The predicted octanol–water partition coefficient (Wildman–Crippen LogP) is 7.68. The second-order valence-electron chi connectivity index (χ2n) is 10.7. The zero-order chi connectivity index (χ0) is 33.4. The molecule has 1 amide bonds. The van der Waals surface area contributed by atoms with Gasteiger partial charge in [0.05, 0.1) is 5.56 Å². The molecule has 4 aromatic rings. The molecule has 11 heteroatoms. The van der Waals surface area contributed by atoms with Crippen molar-refractivity contribution < 1.29 is 28.1 Å². The maximum atomic E-state index is 13.7. The number of anilines is 2. The molecule has 5 N–H and O–H groups in total. The number of carbonyl (C=O) groups is 1. The second-order valence-corrected chi connectivity index (χ2v) is 11.3. The van der Waals surface area contributed by atoms with Gasteiger partial charge in [-0.25, -0.2) is 8.78 Å². The van der Waals surface area contributed by atoms with Crippen LogP contribution in [0.15, 0.2) is 78.9 Å². The molecule has 0 aliphatic carbocycles. The lowest BCUT2D eigenvalue weighted by molar-refractivity contribution is -0.00547. The summed E-state index contributed by atoms with van der Waals surface area (Å²) in [6.07, 6.45) is 7.46. The minimum Gasteiger partial charge on any atom is -0.507 e. The van der Waals surface area contributed by atoms with Crippen LogP contribution in [0.5, 0.6) is 11.5 Å². The number of amides is 1. The molecule has 0 saturated carbocycles. The SMILES string of the molecule is C1CCNC1.C1CCNC1.CSNc1cccc(C#Cc2cc(NC(=O)c3ccc(OF)c(-c4ccc(F)c(F)c4)c3)ccc2O)c1. The molecule has 47 heavy (non-hydrogen) atoms. The number of hydrogen-bond donors (Lipinski definition) is 5. The Morgan fingerprint density at radius 2 is 1.55 bits per heavy atom. The molecular formula is C36H37F3N4O3S. The fourth-order valence-corrected chi connectivity index (χ4v) is 5.08. The van der Waals surface area contributed by atoms with Crippen LogP contribution in [-0.4, -0.2) is 43.4 Å². The third-order valence-corrected chi connectivity index (χ3v) is 7.59. The van der Waals surface area contributed by atoms with Gasteiger partial charge >= 0.3 is 0 Å². The lowest BCUT2D eigenvalue weighted by Gasteiger charge is -2.10. The van der Waals surface area contributed by atoms with E-state index in [0.717, 1.165) is 23.4 Å². The smallest absolute Gasteiger partial charge is 0.255 e. The highest BCUT2D eigenvalue weighted by Gasteiger charge is 2.15. The van der Waals surface area contributed by atoms with Crippen molar-refractivity contribution in [2.75, 3.05) is 42.5 Å². The molecular weight excluding hydrogens is 625 g/mol. The molecule has 2 saturated heterocycles. The van der Waals surface area contributed by atoms with Gasteiger partial charge in [0.2, 0.25) is 0 Å². The van der Waals surface area contributed by atoms with Gasteiger partial charge in [-0.2, -0.15) is 0 Å². The van der Waals surface area contributed by atoms with E-state index in [1.54, 1.807) is 0 Å². The molecule has 0 spiro atoms. The highest BCUT2D eigenvalue weighted by Crippen LogP contribution is 2.33. The Morgan fingerprint density at radius 3 is 2.17 bits per heavy atom. The summed E-state index contributed by atoms with van der Waals surface area (Å²) in [4.78, 5) is 16.7. The fraction of sp³-hybridized carbons (Fsp3) is 0.250. The van der Waals surface area contributed by atoms with Gasteiger partial charge in [0.15, 0.2) is 17.4 Å². The summed E-state index contributed by atoms with van der Waals surface area (Å²) in [6.45, 7) is 5.00. The number of phenolic OH excluding ortho intramolecular Hbond substituents is 1. The van der Waals surface area contributed by atoms with E-state index in [1.165, 1.54) is 106 Å². The summed E-state index contributed by atoms with van der Waals surface area (Å²) >= 11 is 1.45. The highest BCUT2D eigenvalue weighted by molar-refractivity contribution is 7.99. The Bertz CT molecular complexity index is 1680. The Labute approximate surface area is 277 Å². The lowest BCUT2D eigenvalue weighted by atomic mass is 10.0. The van der Waals surface area contributed by atoms with Crippen molar-refractivity contribution in [3.05, 3.63) is 107 Å². The van der Waals surface area contributed by atoms with E-state index in [0.29, 0.717) is 11.3 Å². The number of rotatable bonds is 6. The van der Waals surface area contributed by atoms with E-state index < -0.39 is 17.5 Å². The zero-order valence-corrected chi connectivity index (χ0v) is 26.8. The van der Waals surface area contributed by atoms with Gasteiger partial charge in [-0.3, -0.25) is 9.74 Å². The first kappa shape index (κ1) is 35.2. The van der Waals surface area contributed by atoms with Crippen LogP contribution in [0.1, 0.15) is 47.2 Å². The summed E-state index contributed by atoms with van der Waals surface area (Å²) in [5.41, 5.74) is 2.56. The van der Waals surface area contributed by atoms with Crippen LogP contribution < -0.4 is 25.6 Å². The van der Waals surface area contributed by atoms with Crippen molar-refractivity contribution in [1.29, 1.82) is 0 Å². The number of aromatic hydroxyl groups is 1. The molecule has 0 atom stereocenters. The van der Waals surface area contributed by atoms with Crippen LogP contribution in [0.2, 0.25) is 0 Å². The lowest BCUT2D eigenvalue weighted by Crippen LogP contribution is -2.12. The number of halogens is 3. The first-order valence-electron chi connectivity index (χ1n) is 15.2. The summed E-state index contributed by atoms with van der Waals surface area (Å²) in [5.74, 6) is 2.81. The van der Waals surface area contributed by atoms with Crippen molar-refractivity contribution >= 4 is 29.2 Å². The largest absolute Gasteiger partial charge is 0.507 e. The number of benzene rings is 4. The average Bonchev–Trinajstić information content (AvgIpc) is 3.87. The van der Waals surface area contributed by atoms with E-state index in [2.05, 4.69) is 37.5 Å². The second kappa shape index (κ2) is 18.5. The Kier molecular flexibility index (Phi) is 13.9. The normalized spacial score (nSPS) is 13.2. The van der Waals surface area contributed by atoms with Crippen LogP contribution in [0.4, 0.5) is 24.7 Å².